The first-order chi connectivity index (χ1) is 6.63. The van der Waals surface area contributed by atoms with Gasteiger partial charge in [-0.05, 0) is 24.5 Å². The molecule has 1 aromatic rings. The van der Waals surface area contributed by atoms with Crippen LogP contribution in [0.25, 0.3) is 0 Å². The summed E-state index contributed by atoms with van der Waals surface area (Å²) in [7, 11) is 2.07. The minimum Gasteiger partial charge on any atom is -0.366 e. The van der Waals surface area contributed by atoms with Gasteiger partial charge in [-0.15, -0.1) is 11.3 Å². The summed E-state index contributed by atoms with van der Waals surface area (Å²) in [6.07, 6.45) is 2.09. The molecule has 1 rings (SSSR count). The third kappa shape index (κ3) is 3.14. The zero-order chi connectivity index (χ0) is 10.6. The van der Waals surface area contributed by atoms with Crippen LogP contribution >= 0.6 is 11.3 Å². The molecule has 0 spiro atoms. The van der Waals surface area contributed by atoms with Gasteiger partial charge in [-0.3, -0.25) is 4.79 Å². The Balaban J connectivity index is 2.51. The van der Waals surface area contributed by atoms with Crippen LogP contribution in [0.4, 0.5) is 5.00 Å². The molecule has 0 aromatic carbocycles. The molecule has 0 atom stereocenters. The Bertz CT molecular complexity index is 293. The predicted octanol–water partition coefficient (Wildman–Crippen LogP) is 3.04. The molecular weight excluding hydrogens is 194 g/mol. The fourth-order valence-corrected chi connectivity index (χ4v) is 1.98. The molecule has 14 heavy (non-hydrogen) atoms. The van der Waals surface area contributed by atoms with Crippen molar-refractivity contribution < 1.29 is 4.79 Å². The van der Waals surface area contributed by atoms with Gasteiger partial charge in [0.25, 0.3) is 0 Å². The lowest BCUT2D eigenvalue weighted by Crippen LogP contribution is -2.18. The summed E-state index contributed by atoms with van der Waals surface area (Å²) in [5.74, 6) is 0.725. The first-order valence-electron chi connectivity index (χ1n) is 4.89. The molecule has 0 saturated carbocycles. The second kappa shape index (κ2) is 5.15. The van der Waals surface area contributed by atoms with Crippen LogP contribution in [0.15, 0.2) is 12.1 Å². The zero-order valence-electron chi connectivity index (χ0n) is 8.99. The average Bonchev–Trinajstić information content (AvgIpc) is 2.62. The van der Waals surface area contributed by atoms with Gasteiger partial charge in [-0.2, -0.15) is 0 Å². The van der Waals surface area contributed by atoms with E-state index in [2.05, 4.69) is 25.8 Å². The van der Waals surface area contributed by atoms with Gasteiger partial charge in [0.2, 0.25) is 0 Å². The normalized spacial score (nSPS) is 10.6. The van der Waals surface area contributed by atoms with Crippen molar-refractivity contribution in [3.63, 3.8) is 0 Å². The molecule has 2 nitrogen and oxygen atoms in total. The van der Waals surface area contributed by atoms with Crippen LogP contribution in [0.3, 0.4) is 0 Å². The Morgan fingerprint density at radius 1 is 1.50 bits per heavy atom. The molecule has 3 heteroatoms. The van der Waals surface area contributed by atoms with E-state index in [4.69, 9.17) is 0 Å². The van der Waals surface area contributed by atoms with E-state index in [1.54, 1.807) is 11.3 Å². The lowest BCUT2D eigenvalue weighted by molar-refractivity contribution is 0.112. The van der Waals surface area contributed by atoms with E-state index in [1.807, 2.05) is 12.1 Å². The highest BCUT2D eigenvalue weighted by Crippen LogP contribution is 2.24. The molecule has 0 saturated heterocycles. The first-order valence-corrected chi connectivity index (χ1v) is 5.71. The largest absolute Gasteiger partial charge is 0.366 e. The maximum atomic E-state index is 10.5. The minimum absolute atomic E-state index is 0.725. The van der Waals surface area contributed by atoms with E-state index < -0.39 is 0 Å². The third-order valence-corrected chi connectivity index (χ3v) is 3.27. The minimum atomic E-state index is 0.725. The molecule has 0 aliphatic heterocycles. The molecule has 78 valence electrons. The van der Waals surface area contributed by atoms with Gasteiger partial charge < -0.3 is 4.90 Å². The van der Waals surface area contributed by atoms with Crippen LogP contribution < -0.4 is 4.90 Å². The molecule has 0 aliphatic carbocycles. The van der Waals surface area contributed by atoms with Gasteiger partial charge in [0, 0.05) is 13.6 Å². The van der Waals surface area contributed by atoms with Gasteiger partial charge in [0.05, 0.1) is 9.88 Å². The van der Waals surface area contributed by atoms with Gasteiger partial charge in [0.15, 0.2) is 6.29 Å². The lowest BCUT2D eigenvalue weighted by Gasteiger charge is -2.17. The first kappa shape index (κ1) is 11.2. The topological polar surface area (TPSA) is 20.3 Å². The average molecular weight is 211 g/mol. The molecule has 0 N–H and O–H groups in total. The van der Waals surface area contributed by atoms with Crippen LogP contribution in [0, 0.1) is 5.92 Å². The molecular formula is C11H17NOS. The summed E-state index contributed by atoms with van der Waals surface area (Å²) < 4.78 is 0. The Morgan fingerprint density at radius 2 is 2.21 bits per heavy atom. The van der Waals surface area contributed by atoms with Crippen molar-refractivity contribution in [2.75, 3.05) is 18.5 Å². The quantitative estimate of drug-likeness (QED) is 0.698. The smallest absolute Gasteiger partial charge is 0.160 e. The summed E-state index contributed by atoms with van der Waals surface area (Å²) in [6, 6.07) is 3.88. The standard InChI is InChI=1S/C11H17NOS/c1-9(2)6-7-12(3)11-5-4-10(8-13)14-11/h4-5,8-9H,6-7H2,1-3H3. The summed E-state index contributed by atoms with van der Waals surface area (Å²) >= 11 is 1.55. The maximum absolute atomic E-state index is 10.5. The summed E-state index contributed by atoms with van der Waals surface area (Å²) in [4.78, 5) is 13.5. The lowest BCUT2D eigenvalue weighted by atomic mass is 10.1. The number of carbonyl (C=O) groups excluding carboxylic acids is 1. The number of aldehydes is 1. The molecule has 1 heterocycles. The molecule has 0 unspecified atom stereocenters. The van der Waals surface area contributed by atoms with E-state index in [0.717, 1.165) is 23.6 Å². The molecule has 0 aliphatic rings. The van der Waals surface area contributed by atoms with E-state index in [9.17, 15) is 4.79 Å². The highest BCUT2D eigenvalue weighted by atomic mass is 32.1. The van der Waals surface area contributed by atoms with Crippen molar-refractivity contribution in [2.24, 2.45) is 5.92 Å². The summed E-state index contributed by atoms with van der Waals surface area (Å²) in [5.41, 5.74) is 0. The van der Waals surface area contributed by atoms with Crippen LogP contribution in [0.5, 0.6) is 0 Å². The van der Waals surface area contributed by atoms with Gasteiger partial charge >= 0.3 is 0 Å². The van der Waals surface area contributed by atoms with Gasteiger partial charge in [0.1, 0.15) is 0 Å². The van der Waals surface area contributed by atoms with Crippen molar-refractivity contribution in [1.82, 2.24) is 0 Å². The Kier molecular flexibility index (Phi) is 4.14. The van der Waals surface area contributed by atoms with E-state index >= 15 is 0 Å². The fraction of sp³-hybridized carbons (Fsp3) is 0.545. The van der Waals surface area contributed by atoms with Crippen LogP contribution in [-0.4, -0.2) is 19.9 Å². The third-order valence-electron chi connectivity index (χ3n) is 2.15. The molecule has 0 radical (unpaired) electrons. The number of thiophene rings is 1. The van der Waals surface area contributed by atoms with Crippen LogP contribution in [-0.2, 0) is 0 Å². The van der Waals surface area contributed by atoms with Crippen molar-refractivity contribution in [3.8, 4) is 0 Å². The highest BCUT2D eigenvalue weighted by Gasteiger charge is 2.05. The summed E-state index contributed by atoms with van der Waals surface area (Å²) in [6.45, 7) is 5.49. The molecule has 0 amide bonds. The van der Waals surface area contributed by atoms with Crippen LogP contribution in [0.1, 0.15) is 29.9 Å². The van der Waals surface area contributed by atoms with Crippen molar-refractivity contribution in [3.05, 3.63) is 17.0 Å². The number of anilines is 1. The number of nitrogens with zero attached hydrogens (tertiary/aromatic N) is 1. The zero-order valence-corrected chi connectivity index (χ0v) is 9.80. The van der Waals surface area contributed by atoms with E-state index in [1.165, 1.54) is 11.4 Å². The molecule has 0 bridgehead atoms. The molecule has 1 aromatic heterocycles. The Labute approximate surface area is 89.5 Å². The maximum Gasteiger partial charge on any atom is 0.160 e. The summed E-state index contributed by atoms with van der Waals surface area (Å²) in [5, 5.41) is 1.17. The number of rotatable bonds is 5. The number of hydrogen-bond donors (Lipinski definition) is 0. The van der Waals surface area contributed by atoms with Crippen LogP contribution in [0.2, 0.25) is 0 Å². The second-order valence-corrected chi connectivity index (χ2v) is 4.99. The number of hydrogen-bond acceptors (Lipinski definition) is 3. The van der Waals surface area contributed by atoms with Crippen molar-refractivity contribution in [2.45, 2.75) is 20.3 Å². The monoisotopic (exact) mass is 211 g/mol. The van der Waals surface area contributed by atoms with Crippen molar-refractivity contribution >= 4 is 22.6 Å². The molecule has 0 fully saturated rings. The SMILES string of the molecule is CC(C)CCN(C)c1ccc(C=O)s1. The highest BCUT2D eigenvalue weighted by molar-refractivity contribution is 7.17. The second-order valence-electron chi connectivity index (χ2n) is 3.90. The van der Waals surface area contributed by atoms with E-state index in [-0.39, 0.29) is 0 Å². The predicted molar refractivity (Wildman–Crippen MR) is 62.4 cm³/mol. The van der Waals surface area contributed by atoms with Gasteiger partial charge in [-0.25, -0.2) is 0 Å². The van der Waals surface area contributed by atoms with Gasteiger partial charge in [-0.1, -0.05) is 13.8 Å². The number of carbonyl (C=O) groups is 1. The fourth-order valence-electron chi connectivity index (χ4n) is 1.17. The Hall–Kier alpha value is -0.830. The van der Waals surface area contributed by atoms with E-state index in [0.29, 0.717) is 0 Å². The Morgan fingerprint density at radius 3 is 2.71 bits per heavy atom. The van der Waals surface area contributed by atoms with Crippen molar-refractivity contribution in [1.29, 1.82) is 0 Å².